The van der Waals surface area contributed by atoms with E-state index in [4.69, 9.17) is 18.9 Å². The van der Waals surface area contributed by atoms with Crippen LogP contribution in [0.1, 0.15) is 5.56 Å². The number of benzene rings is 10. The van der Waals surface area contributed by atoms with E-state index in [1.807, 2.05) is 24.3 Å². The van der Waals surface area contributed by atoms with Gasteiger partial charge in [-0.15, -0.1) is 0 Å². The van der Waals surface area contributed by atoms with E-state index in [1.54, 1.807) is 6.08 Å². The summed E-state index contributed by atoms with van der Waals surface area (Å²) in [6.07, 6.45) is 5.62. The maximum atomic E-state index is 6.98. The fraction of sp³-hybridized carbons (Fsp3) is 0. The quantitative estimate of drug-likeness (QED) is 0.112. The van der Waals surface area contributed by atoms with Crippen LogP contribution in [0.25, 0.3) is 61.2 Å². The normalized spacial score (nSPS) is 13.0. The Balaban J connectivity index is 0.818. The van der Waals surface area contributed by atoms with Crippen molar-refractivity contribution in [3.05, 3.63) is 249 Å². The predicted molar refractivity (Wildman–Crippen MR) is 297 cm³/mol. The van der Waals surface area contributed by atoms with Gasteiger partial charge in [0.05, 0.1) is 0 Å². The molecule has 0 saturated heterocycles. The number of para-hydroxylation sites is 1. The molecule has 4 heterocycles. The van der Waals surface area contributed by atoms with Gasteiger partial charge in [0.1, 0.15) is 46.0 Å². The second kappa shape index (κ2) is 16.7. The van der Waals surface area contributed by atoms with Gasteiger partial charge in [0.15, 0.2) is 0 Å². The molecule has 0 saturated carbocycles. The van der Waals surface area contributed by atoms with E-state index in [0.717, 1.165) is 140 Å². The molecule has 0 bridgehead atoms. The first kappa shape index (κ1) is 41.7. The third-order valence-corrected chi connectivity index (χ3v) is 14.7. The summed E-state index contributed by atoms with van der Waals surface area (Å²) < 4.78 is 27.3. The van der Waals surface area contributed by atoms with Gasteiger partial charge in [-0.1, -0.05) is 189 Å². The molecule has 6 heteroatoms. The van der Waals surface area contributed by atoms with Crippen molar-refractivity contribution < 1.29 is 18.9 Å². The van der Waals surface area contributed by atoms with E-state index in [0.29, 0.717) is 0 Å². The first-order chi connectivity index (χ1) is 35.6. The highest BCUT2D eigenvalue weighted by atomic mass is 16.5. The first-order valence-corrected chi connectivity index (χ1v) is 24.4. The van der Waals surface area contributed by atoms with Crippen molar-refractivity contribution in [2.75, 3.05) is 0 Å². The predicted octanol–water partition coefficient (Wildman–Crippen LogP) is 13.2. The van der Waals surface area contributed by atoms with Crippen molar-refractivity contribution in [1.29, 1.82) is 0 Å². The van der Waals surface area contributed by atoms with Crippen molar-refractivity contribution in [1.82, 2.24) is 0 Å². The molecule has 10 aromatic rings. The molecule has 0 radical (unpaired) electrons. The number of rotatable bonds is 8. The number of allylic oxidation sites excluding steroid dienone is 4. The van der Waals surface area contributed by atoms with Crippen molar-refractivity contribution in [3.63, 3.8) is 0 Å². The van der Waals surface area contributed by atoms with Crippen LogP contribution in [0.15, 0.2) is 244 Å². The summed E-state index contributed by atoms with van der Waals surface area (Å²) in [5.74, 6) is 6.67. The van der Waals surface area contributed by atoms with Crippen LogP contribution in [0.5, 0.6) is 46.0 Å². The van der Waals surface area contributed by atoms with Crippen LogP contribution in [0, 0.1) is 0 Å². The zero-order chi connectivity index (χ0) is 47.9. The van der Waals surface area contributed by atoms with Gasteiger partial charge in [0, 0.05) is 22.1 Å². The second-order valence-electron chi connectivity index (χ2n) is 18.7. The van der Waals surface area contributed by atoms with Gasteiger partial charge in [-0.25, -0.2) is 0 Å². The molecule has 4 aliphatic rings. The number of ether oxygens (including phenoxy) is 4. The Morgan fingerprint density at radius 1 is 0.333 bits per heavy atom. The van der Waals surface area contributed by atoms with Crippen molar-refractivity contribution in [2.45, 2.75) is 0 Å². The monoisotopic (exact) mass is 920 g/mol. The molecule has 4 nitrogen and oxygen atoms in total. The Hall–Kier alpha value is -9.25. The van der Waals surface area contributed by atoms with E-state index in [-0.39, 0.29) is 13.4 Å². The number of fused-ring (bicyclic) bond motifs is 8. The molecule has 72 heavy (non-hydrogen) atoms. The van der Waals surface area contributed by atoms with Gasteiger partial charge in [-0.05, 0) is 132 Å². The van der Waals surface area contributed by atoms with Crippen molar-refractivity contribution in [3.8, 4) is 102 Å². The fourth-order valence-electron chi connectivity index (χ4n) is 11.3. The molecular formula is C66H42B2O4. The summed E-state index contributed by atoms with van der Waals surface area (Å²) in [6, 6.07) is 75.1. The van der Waals surface area contributed by atoms with Crippen molar-refractivity contribution in [2.24, 2.45) is 0 Å². The van der Waals surface area contributed by atoms with Gasteiger partial charge >= 0.3 is 0 Å². The van der Waals surface area contributed by atoms with E-state index in [2.05, 4.69) is 213 Å². The smallest absolute Gasteiger partial charge is 0.260 e. The van der Waals surface area contributed by atoms with Crippen LogP contribution in [-0.2, 0) is 0 Å². The van der Waals surface area contributed by atoms with Gasteiger partial charge in [-0.2, -0.15) is 0 Å². The molecule has 0 atom stereocenters. The average molecular weight is 921 g/mol. The van der Waals surface area contributed by atoms with E-state index in [9.17, 15) is 0 Å². The highest BCUT2D eigenvalue weighted by Gasteiger charge is 2.43. The SMILES string of the molecule is C=C/C=C(\C=C)c1ccc2c(c1)Oc1c(-c3ccccc3)ccc3c1B2c1cc(-c2ccc(-c4cccc(-c5ccc6c7c5Oc5ccc(-c8ccccc8)cc5B7c5ccccc5O6)c4)cc2)ccc1O3. The molecule has 14 rings (SSSR count). The first-order valence-electron chi connectivity index (χ1n) is 24.4. The van der Waals surface area contributed by atoms with E-state index >= 15 is 0 Å². The summed E-state index contributed by atoms with van der Waals surface area (Å²) in [4.78, 5) is 0. The summed E-state index contributed by atoms with van der Waals surface area (Å²) in [6.45, 7) is 7.85. The van der Waals surface area contributed by atoms with Crippen LogP contribution < -0.4 is 51.7 Å². The third-order valence-electron chi connectivity index (χ3n) is 14.7. The highest BCUT2D eigenvalue weighted by molar-refractivity contribution is 6.99. The lowest BCUT2D eigenvalue weighted by Crippen LogP contribution is -2.57. The minimum atomic E-state index is -0.118. The van der Waals surface area contributed by atoms with Crippen molar-refractivity contribution >= 4 is 51.8 Å². The lowest BCUT2D eigenvalue weighted by Gasteiger charge is -2.34. The van der Waals surface area contributed by atoms with Crippen LogP contribution >= 0.6 is 0 Å². The molecule has 10 aromatic carbocycles. The Morgan fingerprint density at radius 3 is 1.44 bits per heavy atom. The molecule has 4 aliphatic heterocycles. The molecule has 336 valence electrons. The van der Waals surface area contributed by atoms with E-state index in [1.165, 1.54) is 5.56 Å². The number of hydrogen-bond acceptors (Lipinski definition) is 4. The fourth-order valence-corrected chi connectivity index (χ4v) is 11.3. The van der Waals surface area contributed by atoms with Crippen LogP contribution in [0.4, 0.5) is 0 Å². The summed E-state index contributed by atoms with van der Waals surface area (Å²) >= 11 is 0. The topological polar surface area (TPSA) is 36.9 Å². The third kappa shape index (κ3) is 6.71. The molecule has 0 unspecified atom stereocenters. The molecule has 0 spiro atoms. The molecular weight excluding hydrogens is 878 g/mol. The van der Waals surface area contributed by atoms with Gasteiger partial charge in [-0.3, -0.25) is 0 Å². The number of hydrogen-bond donors (Lipinski definition) is 0. The molecule has 0 aromatic heterocycles. The second-order valence-corrected chi connectivity index (χ2v) is 18.7. The Labute approximate surface area is 419 Å². The summed E-state index contributed by atoms with van der Waals surface area (Å²) in [5, 5.41) is 0. The highest BCUT2D eigenvalue weighted by Crippen LogP contribution is 2.44. The molecule has 0 N–H and O–H groups in total. The van der Waals surface area contributed by atoms with Gasteiger partial charge in [0.25, 0.3) is 13.4 Å². The Morgan fingerprint density at radius 2 is 0.806 bits per heavy atom. The molecule has 0 amide bonds. The van der Waals surface area contributed by atoms with Crippen LogP contribution in [-0.4, -0.2) is 13.4 Å². The van der Waals surface area contributed by atoms with Gasteiger partial charge in [0.2, 0.25) is 0 Å². The Kier molecular flexibility index (Phi) is 9.68. The minimum absolute atomic E-state index is 0.0498. The zero-order valence-corrected chi connectivity index (χ0v) is 39.1. The maximum absolute atomic E-state index is 6.98. The average Bonchev–Trinajstić information content (AvgIpc) is 3.44. The van der Waals surface area contributed by atoms with Crippen LogP contribution in [0.2, 0.25) is 0 Å². The Bertz CT molecular complexity index is 3920. The standard InChI is InChI=1S/C66H42B2O4/c1-3-14-41(4-2)49-27-32-54-62(40-49)72-65-51(45-17-9-6-10-18-45)30-35-61-63(65)68(54)55-39-48(28-33-58(55)70-61)44-25-23-43(24-26-44)46-19-13-20-50(37-46)52-31-36-60-64-66(52)71-59-34-29-47(42-15-7-5-8-16-42)38-56(59)67(64)53-21-11-12-22-57(53)69-60/h3-40H,1-2H2/b41-14+. The lowest BCUT2D eigenvalue weighted by atomic mass is 9.34. The van der Waals surface area contributed by atoms with E-state index < -0.39 is 0 Å². The maximum Gasteiger partial charge on any atom is 0.260 e. The largest absolute Gasteiger partial charge is 0.458 e. The minimum Gasteiger partial charge on any atom is -0.458 e. The zero-order valence-electron chi connectivity index (χ0n) is 39.1. The molecule has 0 aliphatic carbocycles. The lowest BCUT2D eigenvalue weighted by molar-refractivity contribution is 0.465. The summed E-state index contributed by atoms with van der Waals surface area (Å²) in [7, 11) is 0. The molecule has 0 fully saturated rings. The van der Waals surface area contributed by atoms with Gasteiger partial charge < -0.3 is 18.9 Å². The summed E-state index contributed by atoms with van der Waals surface area (Å²) in [5.41, 5.74) is 19.5. The van der Waals surface area contributed by atoms with Crippen LogP contribution in [0.3, 0.4) is 0 Å².